The van der Waals surface area contributed by atoms with Crippen LogP contribution in [0.1, 0.15) is 0 Å². The molecule has 0 unspecified atom stereocenters. The van der Waals surface area contributed by atoms with Crippen LogP contribution in [-0.4, -0.2) is 19.9 Å². The van der Waals surface area contributed by atoms with Crippen molar-refractivity contribution in [2.45, 2.75) is 0 Å². The summed E-state index contributed by atoms with van der Waals surface area (Å²) in [7, 11) is 0. The summed E-state index contributed by atoms with van der Waals surface area (Å²) in [6.45, 7) is 0. The van der Waals surface area contributed by atoms with Crippen molar-refractivity contribution in [3.63, 3.8) is 0 Å². The van der Waals surface area contributed by atoms with E-state index in [1.807, 2.05) is 18.2 Å². The number of rotatable bonds is 7. The van der Waals surface area contributed by atoms with E-state index in [0.717, 1.165) is 83.0 Å². The van der Waals surface area contributed by atoms with Crippen LogP contribution < -0.4 is 0 Å². The van der Waals surface area contributed by atoms with Crippen LogP contribution in [0, 0.1) is 0 Å². The number of aromatic nitrogens is 4. The molecular weight excluding hydrogens is 681 g/mol. The van der Waals surface area contributed by atoms with Crippen LogP contribution in [0.25, 0.3) is 100 Å². The van der Waals surface area contributed by atoms with Crippen molar-refractivity contribution in [3.05, 3.63) is 206 Å². The molecule has 10 aromatic rings. The number of hydrogen-bond donors (Lipinski definition) is 0. The van der Waals surface area contributed by atoms with Gasteiger partial charge in [0.2, 0.25) is 0 Å². The van der Waals surface area contributed by atoms with Crippen LogP contribution in [0.15, 0.2) is 206 Å². The fraction of sp³-hybridized carbons (Fsp3) is 0. The lowest BCUT2D eigenvalue weighted by molar-refractivity contribution is 1.08. The molecule has 4 heteroatoms. The summed E-state index contributed by atoms with van der Waals surface area (Å²) in [5.74, 6) is 1.84. The maximum atomic E-state index is 5.24. The highest BCUT2D eigenvalue weighted by molar-refractivity contribution is 6.16. The molecule has 0 bridgehead atoms. The molecule has 2 aromatic heterocycles. The van der Waals surface area contributed by atoms with E-state index in [9.17, 15) is 0 Å². The molecule has 2 heterocycles. The van der Waals surface area contributed by atoms with Crippen LogP contribution >= 0.6 is 0 Å². The predicted molar refractivity (Wildman–Crippen MR) is 231 cm³/mol. The molecule has 4 nitrogen and oxygen atoms in total. The van der Waals surface area contributed by atoms with Gasteiger partial charge in [-0.15, -0.1) is 0 Å². The maximum absolute atomic E-state index is 5.24. The summed E-state index contributed by atoms with van der Waals surface area (Å²) in [5.41, 5.74) is 12.5. The highest BCUT2D eigenvalue weighted by Crippen LogP contribution is 2.40. The molecule has 0 aliphatic rings. The van der Waals surface area contributed by atoms with Crippen molar-refractivity contribution in [1.82, 2.24) is 19.9 Å². The molecule has 0 atom stereocenters. The third-order valence-corrected chi connectivity index (χ3v) is 10.3. The number of hydrogen-bond acceptors (Lipinski definition) is 4. The lowest BCUT2D eigenvalue weighted by Crippen LogP contribution is -2.01. The van der Waals surface area contributed by atoms with E-state index in [4.69, 9.17) is 19.9 Å². The fourth-order valence-electron chi connectivity index (χ4n) is 7.58. The Bertz CT molecular complexity index is 2900. The van der Waals surface area contributed by atoms with Crippen molar-refractivity contribution < 1.29 is 0 Å². The van der Waals surface area contributed by atoms with Crippen molar-refractivity contribution in [2.24, 2.45) is 0 Å². The summed E-state index contributed by atoms with van der Waals surface area (Å²) in [6.07, 6.45) is 0. The molecule has 0 radical (unpaired) electrons. The molecule has 0 saturated carbocycles. The van der Waals surface area contributed by atoms with Gasteiger partial charge in [0.25, 0.3) is 0 Å². The quantitative estimate of drug-likeness (QED) is 0.154. The minimum absolute atomic E-state index is 0.611. The molecule has 8 aromatic carbocycles. The summed E-state index contributed by atoms with van der Waals surface area (Å²) in [6, 6.07) is 71.6. The van der Waals surface area contributed by atoms with E-state index in [-0.39, 0.29) is 0 Å². The largest absolute Gasteiger partial charge is 0.248 e. The number of pyridine rings is 1. The van der Waals surface area contributed by atoms with Gasteiger partial charge in [-0.25, -0.2) is 19.9 Å². The minimum atomic E-state index is 0.611. The first-order valence-electron chi connectivity index (χ1n) is 18.8. The normalized spacial score (nSPS) is 11.2. The Balaban J connectivity index is 1.20. The third-order valence-electron chi connectivity index (χ3n) is 10.3. The highest BCUT2D eigenvalue weighted by Gasteiger charge is 2.18. The van der Waals surface area contributed by atoms with Crippen LogP contribution in [0.5, 0.6) is 0 Å². The van der Waals surface area contributed by atoms with Gasteiger partial charge in [0.1, 0.15) is 0 Å². The Morgan fingerprint density at radius 1 is 0.250 bits per heavy atom. The first-order valence-corrected chi connectivity index (χ1v) is 18.8. The van der Waals surface area contributed by atoms with Gasteiger partial charge in [-0.05, 0) is 68.4 Å². The van der Waals surface area contributed by atoms with Crippen molar-refractivity contribution >= 4 is 21.7 Å². The molecular formula is C52H34N4. The van der Waals surface area contributed by atoms with Gasteiger partial charge in [-0.2, -0.15) is 0 Å². The van der Waals surface area contributed by atoms with Crippen molar-refractivity contribution in [2.75, 3.05) is 0 Å². The lowest BCUT2D eigenvalue weighted by atomic mass is 9.93. The molecule has 0 saturated heterocycles. The van der Waals surface area contributed by atoms with E-state index >= 15 is 0 Å². The monoisotopic (exact) mass is 714 g/mol. The van der Waals surface area contributed by atoms with E-state index in [2.05, 4.69) is 188 Å². The Labute approximate surface area is 325 Å². The van der Waals surface area contributed by atoms with E-state index in [1.54, 1.807) is 0 Å². The average Bonchev–Trinajstić information content (AvgIpc) is 3.29. The van der Waals surface area contributed by atoms with Crippen LogP contribution in [0.4, 0.5) is 0 Å². The molecule has 0 N–H and O–H groups in total. The second-order valence-corrected chi connectivity index (χ2v) is 13.8. The first kappa shape index (κ1) is 33.0. The smallest absolute Gasteiger partial charge is 0.164 e. The molecule has 0 aliphatic carbocycles. The zero-order valence-electron chi connectivity index (χ0n) is 30.4. The van der Waals surface area contributed by atoms with Crippen LogP contribution in [0.2, 0.25) is 0 Å². The zero-order chi connectivity index (χ0) is 37.3. The fourth-order valence-corrected chi connectivity index (χ4v) is 7.58. The molecule has 262 valence electrons. The zero-order valence-corrected chi connectivity index (χ0v) is 30.4. The van der Waals surface area contributed by atoms with Gasteiger partial charge >= 0.3 is 0 Å². The summed E-state index contributed by atoms with van der Waals surface area (Å²) >= 11 is 0. The number of benzene rings is 8. The second kappa shape index (κ2) is 14.3. The van der Waals surface area contributed by atoms with Gasteiger partial charge in [-0.1, -0.05) is 182 Å². The summed E-state index contributed by atoms with van der Waals surface area (Å²) < 4.78 is 0. The van der Waals surface area contributed by atoms with Crippen molar-refractivity contribution in [1.29, 1.82) is 0 Å². The van der Waals surface area contributed by atoms with E-state index in [0.29, 0.717) is 17.5 Å². The molecule has 0 aliphatic heterocycles. The Morgan fingerprint density at radius 3 is 1.29 bits per heavy atom. The van der Waals surface area contributed by atoms with Gasteiger partial charge in [0.05, 0.1) is 11.2 Å². The van der Waals surface area contributed by atoms with Gasteiger partial charge in [0.15, 0.2) is 17.5 Å². The number of nitrogens with zero attached hydrogens (tertiary/aromatic N) is 4. The summed E-state index contributed by atoms with van der Waals surface area (Å²) in [5, 5.41) is 3.23. The average molecular weight is 715 g/mol. The molecule has 10 rings (SSSR count). The third kappa shape index (κ3) is 6.29. The lowest BCUT2D eigenvalue weighted by Gasteiger charge is -2.15. The van der Waals surface area contributed by atoms with Crippen LogP contribution in [0.3, 0.4) is 0 Å². The Kier molecular flexibility index (Phi) is 8.47. The van der Waals surface area contributed by atoms with Crippen molar-refractivity contribution in [3.8, 4) is 78.8 Å². The predicted octanol–water partition coefficient (Wildman–Crippen LogP) is 13.2. The SMILES string of the molecule is c1ccc(-c2cccc(-c3nc(-c4cccc(-c5ccccc5)c4)nc(-c4cccc5c4ccc4nc(-c6ccccc6)cc(-c6ccccc6)c45)n3)c2)cc1. The van der Waals surface area contributed by atoms with Gasteiger partial charge in [-0.3, -0.25) is 0 Å². The van der Waals surface area contributed by atoms with Gasteiger partial charge < -0.3 is 0 Å². The Hall–Kier alpha value is -7.56. The highest BCUT2D eigenvalue weighted by atomic mass is 15.0. The molecule has 0 fully saturated rings. The maximum Gasteiger partial charge on any atom is 0.164 e. The number of fused-ring (bicyclic) bond motifs is 3. The van der Waals surface area contributed by atoms with E-state index in [1.165, 1.54) is 0 Å². The molecule has 56 heavy (non-hydrogen) atoms. The van der Waals surface area contributed by atoms with Crippen LogP contribution in [-0.2, 0) is 0 Å². The first-order chi connectivity index (χ1) is 27.7. The Morgan fingerprint density at radius 2 is 0.714 bits per heavy atom. The molecule has 0 spiro atoms. The second-order valence-electron chi connectivity index (χ2n) is 13.8. The summed E-state index contributed by atoms with van der Waals surface area (Å²) in [4.78, 5) is 20.9. The topological polar surface area (TPSA) is 51.6 Å². The molecule has 0 amide bonds. The van der Waals surface area contributed by atoms with Gasteiger partial charge in [0, 0.05) is 27.6 Å². The minimum Gasteiger partial charge on any atom is -0.248 e. The standard InChI is InChI=1S/C52H34N4/c1-5-16-35(17-6-1)39-24-13-26-41(32-39)50-54-51(42-27-14-25-40(33-42)36-18-7-2-8-19-36)56-52(55-50)45-29-15-28-44-43(45)30-31-47-49(44)46(37-20-9-3-10-21-37)34-48(53-47)38-22-11-4-12-23-38/h1-34H. The van der Waals surface area contributed by atoms with E-state index < -0.39 is 0 Å².